The molecule has 2 aromatic rings. The van der Waals surface area contributed by atoms with Crippen LogP contribution < -0.4 is 16.4 Å². The lowest BCUT2D eigenvalue weighted by Crippen LogP contribution is -2.31. The number of nitrogens with zero attached hydrogens (tertiary/aromatic N) is 1. The second kappa shape index (κ2) is 7.99. The Labute approximate surface area is 158 Å². The molecule has 6 heteroatoms. The fourth-order valence-electron chi connectivity index (χ4n) is 3.37. The summed E-state index contributed by atoms with van der Waals surface area (Å²) in [5.41, 5.74) is 8.83. The van der Waals surface area contributed by atoms with E-state index < -0.39 is 0 Å². The van der Waals surface area contributed by atoms with Gasteiger partial charge in [0.1, 0.15) is 5.82 Å². The van der Waals surface area contributed by atoms with E-state index in [1.165, 1.54) is 12.8 Å². The molecule has 0 saturated heterocycles. The van der Waals surface area contributed by atoms with Gasteiger partial charge in [-0.3, -0.25) is 5.32 Å². The maximum atomic E-state index is 12.2. The molecular formula is C20H31N5O. The monoisotopic (exact) mass is 357 g/mol. The van der Waals surface area contributed by atoms with Gasteiger partial charge in [0, 0.05) is 39.4 Å². The molecule has 0 spiro atoms. The molecule has 0 radical (unpaired) electrons. The number of nitrogen functional groups attached to an aromatic ring is 1. The molecule has 5 N–H and O–H groups in total. The molecule has 1 saturated carbocycles. The van der Waals surface area contributed by atoms with Crippen LogP contribution in [0.15, 0.2) is 42.6 Å². The minimum absolute atomic E-state index is 0. The Morgan fingerprint density at radius 2 is 2.00 bits per heavy atom. The summed E-state index contributed by atoms with van der Waals surface area (Å²) >= 11 is 0. The maximum absolute atomic E-state index is 12.2. The quantitative estimate of drug-likeness (QED) is 0.575. The first-order chi connectivity index (χ1) is 12.5. The number of carbonyl (C=O) groups is 1. The van der Waals surface area contributed by atoms with E-state index in [2.05, 4.69) is 15.6 Å². The highest BCUT2D eigenvalue weighted by Crippen LogP contribution is 2.30. The Kier molecular flexibility index (Phi) is 5.51. The van der Waals surface area contributed by atoms with Crippen LogP contribution in [0.2, 0.25) is 0 Å². The largest absolute Gasteiger partial charge is 0.398 e. The van der Waals surface area contributed by atoms with Crippen molar-refractivity contribution in [2.75, 3.05) is 11.1 Å². The van der Waals surface area contributed by atoms with Crippen molar-refractivity contribution in [3.63, 3.8) is 0 Å². The number of aromatic nitrogens is 1. The van der Waals surface area contributed by atoms with Crippen molar-refractivity contribution < 1.29 is 9.07 Å². The maximum Gasteiger partial charge on any atom is 0.320 e. The van der Waals surface area contributed by atoms with Crippen LogP contribution in [0.1, 0.15) is 54.1 Å². The number of nitrogens with one attached hydrogen (secondary N) is 3. The van der Waals surface area contributed by atoms with E-state index >= 15 is 0 Å². The molecule has 0 aliphatic heterocycles. The molecule has 1 aromatic carbocycles. The average Bonchev–Trinajstić information content (AvgIpc) is 3.16. The van der Waals surface area contributed by atoms with Crippen LogP contribution >= 0.6 is 0 Å². The van der Waals surface area contributed by atoms with Crippen LogP contribution in [0.25, 0.3) is 0 Å². The third-order valence-electron chi connectivity index (χ3n) is 4.88. The van der Waals surface area contributed by atoms with E-state index in [4.69, 9.17) is 11.1 Å². The Hall–Kier alpha value is -2.89. The lowest BCUT2D eigenvalue weighted by Gasteiger charge is -2.16. The van der Waals surface area contributed by atoms with Gasteiger partial charge in [0.05, 0.1) is 6.04 Å². The number of rotatable bonds is 5. The summed E-state index contributed by atoms with van der Waals surface area (Å²) < 4.78 is 0. The summed E-state index contributed by atoms with van der Waals surface area (Å²) in [6, 6.07) is 10.9. The highest BCUT2D eigenvalue weighted by molar-refractivity contribution is 6.04. The van der Waals surface area contributed by atoms with Crippen molar-refractivity contribution in [2.45, 2.75) is 38.6 Å². The molecule has 3 rings (SSSR count). The van der Waals surface area contributed by atoms with Crippen LogP contribution in [-0.2, 0) is 0 Å². The molecule has 1 aliphatic carbocycles. The second-order valence-corrected chi connectivity index (χ2v) is 6.78. The van der Waals surface area contributed by atoms with E-state index in [1.54, 1.807) is 12.3 Å². The number of amides is 2. The smallest absolute Gasteiger partial charge is 0.320 e. The minimum Gasteiger partial charge on any atom is -0.398 e. The van der Waals surface area contributed by atoms with Crippen molar-refractivity contribution in [3.8, 4) is 0 Å². The van der Waals surface area contributed by atoms with Gasteiger partial charge in [0.25, 0.3) is 0 Å². The van der Waals surface area contributed by atoms with Gasteiger partial charge in [0.2, 0.25) is 0 Å². The van der Waals surface area contributed by atoms with Gasteiger partial charge >= 0.3 is 6.03 Å². The van der Waals surface area contributed by atoms with Gasteiger partial charge in [-0.2, -0.15) is 0 Å². The highest BCUT2D eigenvalue weighted by atomic mass is 16.2. The number of carbonyl (C=O) groups excluding carboxylic acids is 1. The number of benzene rings is 1. The first-order valence-electron chi connectivity index (χ1n) is 9.01. The topological polar surface area (TPSA) is 104 Å². The van der Waals surface area contributed by atoms with E-state index in [-0.39, 0.29) is 22.3 Å². The second-order valence-electron chi connectivity index (χ2n) is 6.78. The summed E-state index contributed by atoms with van der Waals surface area (Å²) in [7, 11) is 0. The number of urea groups is 1. The zero-order chi connectivity index (χ0) is 18.5. The van der Waals surface area contributed by atoms with E-state index in [0.717, 1.165) is 18.4 Å². The van der Waals surface area contributed by atoms with Crippen LogP contribution in [0.5, 0.6) is 0 Å². The fraction of sp³-hybridized carbons (Fsp3) is 0.350. The van der Waals surface area contributed by atoms with Crippen LogP contribution in [0.4, 0.5) is 16.3 Å². The summed E-state index contributed by atoms with van der Waals surface area (Å²) in [6.07, 6.45) is 6.00. The predicted molar refractivity (Wildman–Crippen MR) is 111 cm³/mol. The molecule has 6 nitrogen and oxygen atoms in total. The average molecular weight is 358 g/mol. The number of hydrogen-bond donors (Lipinski definition) is 4. The molecule has 1 fully saturated rings. The van der Waals surface area contributed by atoms with Crippen LogP contribution in [-0.4, -0.2) is 16.7 Å². The van der Waals surface area contributed by atoms with Crippen molar-refractivity contribution in [1.82, 2.24) is 10.3 Å². The Morgan fingerprint density at radius 3 is 2.65 bits per heavy atom. The summed E-state index contributed by atoms with van der Waals surface area (Å²) in [5.74, 6) is 0.649. The third kappa shape index (κ3) is 4.20. The highest BCUT2D eigenvalue weighted by Gasteiger charge is 2.22. The van der Waals surface area contributed by atoms with Gasteiger partial charge in [-0.25, -0.2) is 9.78 Å². The molecular weight excluding hydrogens is 326 g/mol. The van der Waals surface area contributed by atoms with Crippen LogP contribution in [0.3, 0.4) is 0 Å². The first kappa shape index (κ1) is 17.9. The van der Waals surface area contributed by atoms with E-state index in [9.17, 15) is 4.79 Å². The van der Waals surface area contributed by atoms with Crippen molar-refractivity contribution in [3.05, 3.63) is 53.7 Å². The molecule has 2 amide bonds. The van der Waals surface area contributed by atoms with Gasteiger partial charge in [-0.05, 0) is 25.3 Å². The number of nitrogens with two attached hydrogens (primary N) is 1. The predicted octanol–water partition coefficient (Wildman–Crippen LogP) is 4.84. The minimum atomic E-state index is -0.341. The lowest BCUT2D eigenvalue weighted by atomic mass is 9.95. The Bertz CT molecular complexity index is 798. The van der Waals surface area contributed by atoms with Crippen LogP contribution in [0, 0.1) is 11.3 Å². The Morgan fingerprint density at radius 1 is 1.31 bits per heavy atom. The molecule has 1 atom stereocenters. The molecule has 0 unspecified atom stereocenters. The molecule has 0 bridgehead atoms. The standard InChI is InChI=1S/C20H25N5O.3H2/c1-13(14-7-3-2-4-8-14)24-20(26)25-18-11-17(21)16(12-23-18)19(22)15-9-5-6-10-15;;;/h2-4,7-8,11-13,15,22H,5-6,9-10H2,1H3,(H4,21,23,24,25,26);3*1H/t13-;;;/m1.../s1. The number of anilines is 2. The molecule has 26 heavy (non-hydrogen) atoms. The molecule has 1 aliphatic rings. The summed E-state index contributed by atoms with van der Waals surface area (Å²) in [6.45, 7) is 1.92. The lowest BCUT2D eigenvalue weighted by molar-refractivity contribution is 0.249. The zero-order valence-electron chi connectivity index (χ0n) is 15.0. The summed E-state index contributed by atoms with van der Waals surface area (Å²) in [5, 5.41) is 13.9. The SMILES string of the molecule is C[C@@H](NC(=O)Nc1cc(N)c(C(=N)C2CCCC2)cn1)c1ccccc1.[HH].[HH].[HH]. The first-order valence-corrected chi connectivity index (χ1v) is 9.01. The van der Waals surface area contributed by atoms with Crippen molar-refractivity contribution in [2.24, 2.45) is 5.92 Å². The fourth-order valence-corrected chi connectivity index (χ4v) is 3.37. The van der Waals surface area contributed by atoms with Gasteiger partial charge in [0.15, 0.2) is 0 Å². The van der Waals surface area contributed by atoms with Gasteiger partial charge in [-0.15, -0.1) is 0 Å². The zero-order valence-corrected chi connectivity index (χ0v) is 15.0. The molecule has 1 heterocycles. The normalized spacial score (nSPS) is 15.4. The van der Waals surface area contributed by atoms with Crippen molar-refractivity contribution >= 4 is 23.2 Å². The third-order valence-corrected chi connectivity index (χ3v) is 4.88. The van der Waals surface area contributed by atoms with E-state index in [1.807, 2.05) is 37.3 Å². The number of pyridine rings is 1. The Balaban J connectivity index is 0.00000261. The van der Waals surface area contributed by atoms with Gasteiger partial charge < -0.3 is 16.5 Å². The molecule has 142 valence electrons. The van der Waals surface area contributed by atoms with Gasteiger partial charge in [-0.1, -0.05) is 43.2 Å². The summed E-state index contributed by atoms with van der Waals surface area (Å²) in [4.78, 5) is 16.4. The van der Waals surface area contributed by atoms with E-state index in [0.29, 0.717) is 22.8 Å². The molecule has 1 aromatic heterocycles. The van der Waals surface area contributed by atoms with Crippen molar-refractivity contribution in [1.29, 1.82) is 5.41 Å². The number of hydrogen-bond acceptors (Lipinski definition) is 4.